The van der Waals surface area contributed by atoms with Crippen molar-refractivity contribution in [3.63, 3.8) is 0 Å². The Bertz CT molecular complexity index is 959. The SMILES string of the molecule is CC(C)NC(=O)CSc1ccccc1C(=O)OCC(=O)Nc1ccc(N2CCOCC2)cc1. The predicted octanol–water partition coefficient (Wildman–Crippen LogP) is 2.94. The van der Waals surface area contributed by atoms with Crippen LogP contribution in [0.4, 0.5) is 11.4 Å². The van der Waals surface area contributed by atoms with Crippen molar-refractivity contribution in [1.82, 2.24) is 5.32 Å². The lowest BCUT2D eigenvalue weighted by molar-refractivity contribution is -0.119. The third-order valence-corrected chi connectivity index (χ3v) is 5.85. The Hall–Kier alpha value is -3.04. The average molecular weight is 472 g/mol. The zero-order valence-electron chi connectivity index (χ0n) is 18.8. The van der Waals surface area contributed by atoms with E-state index in [2.05, 4.69) is 15.5 Å². The van der Waals surface area contributed by atoms with Gasteiger partial charge >= 0.3 is 5.97 Å². The van der Waals surface area contributed by atoms with Crippen molar-refractivity contribution in [2.24, 2.45) is 0 Å². The van der Waals surface area contributed by atoms with Crippen LogP contribution in [0.25, 0.3) is 0 Å². The summed E-state index contributed by atoms with van der Waals surface area (Å²) in [5, 5.41) is 5.54. The van der Waals surface area contributed by atoms with Gasteiger partial charge in [-0.25, -0.2) is 4.79 Å². The van der Waals surface area contributed by atoms with Crippen molar-refractivity contribution in [2.45, 2.75) is 24.8 Å². The molecule has 2 aromatic carbocycles. The first-order chi connectivity index (χ1) is 15.9. The summed E-state index contributed by atoms with van der Waals surface area (Å²) in [6.45, 7) is 6.45. The summed E-state index contributed by atoms with van der Waals surface area (Å²) in [5.41, 5.74) is 2.02. The molecule has 9 heteroatoms. The fourth-order valence-corrected chi connectivity index (χ4v) is 4.10. The van der Waals surface area contributed by atoms with Crippen molar-refractivity contribution in [1.29, 1.82) is 0 Å². The van der Waals surface area contributed by atoms with E-state index < -0.39 is 18.5 Å². The number of nitrogens with one attached hydrogen (secondary N) is 2. The molecule has 0 radical (unpaired) electrons. The fraction of sp³-hybridized carbons (Fsp3) is 0.375. The van der Waals surface area contributed by atoms with Gasteiger partial charge in [0, 0.05) is 35.4 Å². The van der Waals surface area contributed by atoms with Crippen LogP contribution >= 0.6 is 11.8 Å². The van der Waals surface area contributed by atoms with Crippen molar-refractivity contribution in [3.05, 3.63) is 54.1 Å². The molecule has 0 aliphatic carbocycles. The molecular weight excluding hydrogens is 442 g/mol. The van der Waals surface area contributed by atoms with Gasteiger partial charge in [-0.15, -0.1) is 11.8 Å². The zero-order valence-corrected chi connectivity index (χ0v) is 19.7. The monoisotopic (exact) mass is 471 g/mol. The number of ether oxygens (including phenoxy) is 2. The molecule has 2 N–H and O–H groups in total. The first-order valence-electron chi connectivity index (χ1n) is 10.8. The lowest BCUT2D eigenvalue weighted by Gasteiger charge is -2.28. The molecule has 1 aliphatic rings. The van der Waals surface area contributed by atoms with Gasteiger partial charge in [-0.3, -0.25) is 9.59 Å². The highest BCUT2D eigenvalue weighted by molar-refractivity contribution is 8.00. The van der Waals surface area contributed by atoms with Crippen molar-refractivity contribution < 1.29 is 23.9 Å². The summed E-state index contributed by atoms with van der Waals surface area (Å²) in [7, 11) is 0. The van der Waals surface area contributed by atoms with Crippen LogP contribution in [0.2, 0.25) is 0 Å². The van der Waals surface area contributed by atoms with Gasteiger partial charge in [0.15, 0.2) is 6.61 Å². The number of amides is 2. The van der Waals surface area contributed by atoms with Crippen molar-refractivity contribution in [3.8, 4) is 0 Å². The van der Waals surface area contributed by atoms with E-state index in [-0.39, 0.29) is 17.7 Å². The molecule has 0 atom stereocenters. The van der Waals surface area contributed by atoms with E-state index in [4.69, 9.17) is 9.47 Å². The summed E-state index contributed by atoms with van der Waals surface area (Å²) in [6, 6.07) is 14.4. The van der Waals surface area contributed by atoms with Gasteiger partial charge in [0.05, 0.1) is 24.5 Å². The lowest BCUT2D eigenvalue weighted by Crippen LogP contribution is -2.36. The van der Waals surface area contributed by atoms with Gasteiger partial charge in [-0.1, -0.05) is 12.1 Å². The van der Waals surface area contributed by atoms with Gasteiger partial charge in [0.1, 0.15) is 0 Å². The van der Waals surface area contributed by atoms with E-state index in [1.54, 1.807) is 24.3 Å². The summed E-state index contributed by atoms with van der Waals surface area (Å²) in [5.74, 6) is -0.968. The summed E-state index contributed by atoms with van der Waals surface area (Å²) >= 11 is 1.25. The number of anilines is 2. The molecule has 0 saturated carbocycles. The molecule has 1 aliphatic heterocycles. The van der Waals surface area contributed by atoms with Gasteiger partial charge in [-0.2, -0.15) is 0 Å². The van der Waals surface area contributed by atoms with Crippen LogP contribution < -0.4 is 15.5 Å². The molecule has 33 heavy (non-hydrogen) atoms. The quantitative estimate of drug-likeness (QED) is 0.429. The number of nitrogens with zero attached hydrogens (tertiary/aromatic N) is 1. The van der Waals surface area contributed by atoms with Crippen LogP contribution in [0.1, 0.15) is 24.2 Å². The average Bonchev–Trinajstić information content (AvgIpc) is 2.82. The highest BCUT2D eigenvalue weighted by Gasteiger charge is 2.16. The molecule has 0 aromatic heterocycles. The zero-order chi connectivity index (χ0) is 23.6. The standard InChI is InChI=1S/C24H29N3O5S/c1-17(2)25-23(29)16-33-21-6-4-3-5-20(21)24(30)32-15-22(28)26-18-7-9-19(10-8-18)27-11-13-31-14-12-27/h3-10,17H,11-16H2,1-2H3,(H,25,29)(H,26,28). The number of carbonyl (C=O) groups is 3. The normalized spacial score (nSPS) is 13.5. The Morgan fingerprint density at radius 1 is 1.03 bits per heavy atom. The maximum absolute atomic E-state index is 12.5. The third kappa shape index (κ3) is 7.80. The van der Waals surface area contributed by atoms with Gasteiger partial charge in [0.2, 0.25) is 5.91 Å². The van der Waals surface area contributed by atoms with Crippen molar-refractivity contribution in [2.75, 3.05) is 48.9 Å². The molecular formula is C24H29N3O5S. The number of hydrogen-bond acceptors (Lipinski definition) is 7. The summed E-state index contributed by atoms with van der Waals surface area (Å²) in [4.78, 5) is 39.5. The second kappa shape index (κ2) is 12.3. The lowest BCUT2D eigenvalue weighted by atomic mass is 10.2. The maximum Gasteiger partial charge on any atom is 0.339 e. The van der Waals surface area contributed by atoms with Crippen LogP contribution in [0.15, 0.2) is 53.4 Å². The highest BCUT2D eigenvalue weighted by Crippen LogP contribution is 2.23. The van der Waals surface area contributed by atoms with Crippen LogP contribution in [-0.4, -0.2) is 62.5 Å². The van der Waals surface area contributed by atoms with Crippen LogP contribution in [0.3, 0.4) is 0 Å². The first-order valence-corrected chi connectivity index (χ1v) is 11.8. The molecule has 0 unspecified atom stereocenters. The predicted molar refractivity (Wildman–Crippen MR) is 129 cm³/mol. The second-order valence-electron chi connectivity index (χ2n) is 7.78. The van der Waals surface area contributed by atoms with E-state index in [9.17, 15) is 14.4 Å². The Balaban J connectivity index is 1.49. The number of hydrogen-bond donors (Lipinski definition) is 2. The molecule has 1 heterocycles. The smallest absolute Gasteiger partial charge is 0.339 e. The highest BCUT2D eigenvalue weighted by atomic mass is 32.2. The minimum Gasteiger partial charge on any atom is -0.452 e. The molecule has 2 aromatic rings. The molecule has 1 fully saturated rings. The van der Waals surface area contributed by atoms with Crippen molar-refractivity contribution >= 4 is 40.9 Å². The third-order valence-electron chi connectivity index (χ3n) is 4.78. The number of rotatable bonds is 9. The molecule has 3 rings (SSSR count). The first kappa shape index (κ1) is 24.6. The summed E-state index contributed by atoms with van der Waals surface area (Å²) in [6.07, 6.45) is 0. The Morgan fingerprint density at radius 2 is 1.73 bits per heavy atom. The van der Waals surface area contributed by atoms with Gasteiger partial charge in [0.25, 0.3) is 5.91 Å². The Labute approximate surface area is 198 Å². The van der Waals surface area contributed by atoms with E-state index >= 15 is 0 Å². The molecule has 176 valence electrons. The van der Waals surface area contributed by atoms with E-state index in [0.29, 0.717) is 29.4 Å². The molecule has 0 bridgehead atoms. The molecule has 8 nitrogen and oxygen atoms in total. The van der Waals surface area contributed by atoms with E-state index in [0.717, 1.165) is 18.8 Å². The molecule has 0 spiro atoms. The van der Waals surface area contributed by atoms with E-state index in [1.807, 2.05) is 38.1 Å². The van der Waals surface area contributed by atoms with Crippen LogP contribution in [0, 0.1) is 0 Å². The van der Waals surface area contributed by atoms with Gasteiger partial charge in [-0.05, 0) is 50.2 Å². The fourth-order valence-electron chi connectivity index (χ4n) is 3.25. The summed E-state index contributed by atoms with van der Waals surface area (Å²) < 4.78 is 10.6. The number of benzene rings is 2. The van der Waals surface area contributed by atoms with Crippen LogP contribution in [-0.2, 0) is 19.1 Å². The van der Waals surface area contributed by atoms with Gasteiger partial charge < -0.3 is 25.0 Å². The van der Waals surface area contributed by atoms with Crippen LogP contribution in [0.5, 0.6) is 0 Å². The Morgan fingerprint density at radius 3 is 2.42 bits per heavy atom. The minimum absolute atomic E-state index is 0.0485. The molecule has 1 saturated heterocycles. The maximum atomic E-state index is 12.5. The second-order valence-corrected chi connectivity index (χ2v) is 8.79. The minimum atomic E-state index is -0.611. The largest absolute Gasteiger partial charge is 0.452 e. The molecule has 2 amide bonds. The Kier molecular flexibility index (Phi) is 9.14. The number of esters is 1. The number of morpholine rings is 1. The topological polar surface area (TPSA) is 97.0 Å². The van der Waals surface area contributed by atoms with E-state index in [1.165, 1.54) is 11.8 Å². The number of thioether (sulfide) groups is 1. The number of carbonyl (C=O) groups excluding carboxylic acids is 3.